The van der Waals surface area contributed by atoms with E-state index >= 15 is 28.8 Å². The van der Waals surface area contributed by atoms with Crippen LogP contribution < -0.4 is 29.6 Å². The molecule has 0 spiro atoms. The maximum Gasteiger partial charge on any atom is 0.435 e. The van der Waals surface area contributed by atoms with Crippen LogP contribution in [0, 0.1) is 27.7 Å². The maximum absolute atomic E-state index is 15.8. The third kappa shape index (κ3) is 22.7. The van der Waals surface area contributed by atoms with Crippen LogP contribution in [0.1, 0.15) is 220 Å². The molecule has 0 heterocycles. The van der Waals surface area contributed by atoms with Crippen LogP contribution in [0.5, 0.6) is 0 Å². The van der Waals surface area contributed by atoms with Crippen molar-refractivity contribution in [2.45, 2.75) is 238 Å². The molecule has 26 nitrogen and oxygen atoms in total. The number of hydrogen-bond donors (Lipinski definition) is 0. The number of ketones is 2. The topological polar surface area (TPSA) is 304 Å². The fourth-order valence-electron chi connectivity index (χ4n) is 9.40. The Morgan fingerprint density at radius 1 is 0.318 bits per heavy atom. The van der Waals surface area contributed by atoms with Gasteiger partial charge >= 0.3 is 36.6 Å². The molecule has 0 radical (unpaired) electrons. The highest BCUT2D eigenvalue weighted by Crippen LogP contribution is 2.39. The largest absolute Gasteiger partial charge is 0.443 e. The lowest BCUT2D eigenvalue weighted by atomic mass is 10.0. The highest BCUT2D eigenvalue weighted by atomic mass is 35.5. The number of aryl methyl sites for hydroxylation is 4. The second-order valence-electron chi connectivity index (χ2n) is 29.7. The van der Waals surface area contributed by atoms with Gasteiger partial charge in [0.1, 0.15) is 33.6 Å². The zero-order chi connectivity index (χ0) is 83.6. The van der Waals surface area contributed by atoms with Gasteiger partial charge in [0, 0.05) is 35.0 Å². The molecule has 0 atom stereocenters. The summed E-state index contributed by atoms with van der Waals surface area (Å²) in [4.78, 5) is 181. The van der Waals surface area contributed by atoms with Crippen molar-refractivity contribution in [2.75, 3.05) is 29.6 Å². The van der Waals surface area contributed by atoms with E-state index in [0.717, 1.165) is 47.9 Å². The van der Waals surface area contributed by atoms with Crippen molar-refractivity contribution >= 4 is 164 Å². The Morgan fingerprint density at radius 3 is 0.818 bits per heavy atom. The van der Waals surface area contributed by atoms with Gasteiger partial charge in [-0.2, -0.15) is 20.2 Å². The highest BCUT2D eigenvalue weighted by Gasteiger charge is 2.43. The first kappa shape index (κ1) is 90.9. The van der Waals surface area contributed by atoms with Crippen LogP contribution in [0.3, 0.4) is 0 Å². The number of benzene rings is 5. The molecular formula is C80H98Cl4N8O18. The summed E-state index contributed by atoms with van der Waals surface area (Å²) in [6.45, 7) is 36.8. The molecule has 0 N–H and O–H groups in total. The van der Waals surface area contributed by atoms with Crippen molar-refractivity contribution in [3.05, 3.63) is 138 Å². The van der Waals surface area contributed by atoms with Crippen LogP contribution in [0.2, 0.25) is 20.1 Å². The summed E-state index contributed by atoms with van der Waals surface area (Å²) < 4.78 is 35.4. The number of ether oxygens (including phenoxy) is 6. The van der Waals surface area contributed by atoms with Gasteiger partial charge in [0.2, 0.25) is 0 Å². The molecule has 110 heavy (non-hydrogen) atoms. The molecule has 5 rings (SSSR count). The normalized spacial score (nSPS) is 12.2. The lowest BCUT2D eigenvalue weighted by Gasteiger charge is -2.32. The summed E-state index contributed by atoms with van der Waals surface area (Å²) in [6, 6.07) is 18.2. The van der Waals surface area contributed by atoms with Crippen molar-refractivity contribution in [1.82, 2.24) is 0 Å². The molecule has 10 amide bonds. The summed E-state index contributed by atoms with van der Waals surface area (Å²) in [6.07, 6.45) is -6.45. The summed E-state index contributed by atoms with van der Waals surface area (Å²) >= 11 is 26.7. The van der Waals surface area contributed by atoms with E-state index in [1.54, 1.807) is 135 Å². The SMILES string of the molecule is CCC(C)(C)OC(=O)N(/N=C(/C(C)=O)C(=O)N(C(=O)OC(C)(C)CC)c1cc(C)c(N(C(=O)OC(C)(C)CC)C(=O)/C(=N\N(C(=O)OC(C)(C)CC)c2cc(C(=O)N(C(=O)OC(C)(C)CC)c3cc(Cl)ccc3C)ccc2Cl)C(C)=O)cc1C)c1cc(C(=O)N(C(=O)OC(C)(C)CC)c2cc(Cl)ccc2C)ccc1Cl. The molecule has 594 valence electrons. The summed E-state index contributed by atoms with van der Waals surface area (Å²) in [5.41, 5.74) is -11.6. The minimum absolute atomic E-state index is 0.0249. The molecule has 30 heteroatoms. The second kappa shape index (κ2) is 36.4. The van der Waals surface area contributed by atoms with Crippen LogP contribution in [0.25, 0.3) is 0 Å². The Morgan fingerprint density at radius 2 is 0.564 bits per heavy atom. The Kier molecular flexibility index (Phi) is 30.1. The molecule has 5 aromatic rings. The van der Waals surface area contributed by atoms with Gasteiger partial charge in [0.05, 0.1) is 44.2 Å². The number of nitrogens with zero attached hydrogens (tertiary/aromatic N) is 8. The molecule has 0 bridgehead atoms. The summed E-state index contributed by atoms with van der Waals surface area (Å²) in [7, 11) is 0. The van der Waals surface area contributed by atoms with Crippen molar-refractivity contribution in [1.29, 1.82) is 0 Å². The van der Waals surface area contributed by atoms with Gasteiger partial charge in [-0.15, -0.1) is 0 Å². The average molecular weight is 1600 g/mol. The van der Waals surface area contributed by atoms with Crippen LogP contribution in [0.15, 0.2) is 95.1 Å². The standard InChI is InChI=1S/C80H98Cl4N8O18/c1-25-75(13,14)105-69(99)87(59-43-53(81)35-31-45(59)7)65(95)51-33-37-55(83)61(41-51)91(73(103)109-79(21,22)29-5)85-63(49(11)93)67(97)89(71(101)107-77(17,18)27-3)57-39-48(10)58(40-47(57)9)90(72(102)108-78(19,20)28-4)68(98)64(50(12)94)86-92(74(104)110-80(23,24)30-6)62-42-52(34-38-56(62)84)66(96)88(70(100)106-76(15,16)26-2)60-44-54(82)36-32-46(60)8/h31-44H,25-30H2,1-24H3/b85-63-,86-64-. The minimum Gasteiger partial charge on any atom is -0.443 e. The molecule has 0 unspecified atom stereocenters. The van der Waals surface area contributed by atoms with Crippen molar-refractivity contribution in [3.63, 3.8) is 0 Å². The number of carbonyl (C=O) groups is 12. The number of halogens is 4. The van der Waals surface area contributed by atoms with E-state index in [9.17, 15) is 28.8 Å². The van der Waals surface area contributed by atoms with E-state index in [4.69, 9.17) is 74.8 Å². The van der Waals surface area contributed by atoms with Crippen LogP contribution in [-0.2, 0) is 47.6 Å². The maximum atomic E-state index is 15.8. The Bertz CT molecular complexity index is 4240. The molecule has 0 saturated carbocycles. The smallest absolute Gasteiger partial charge is 0.435 e. The second-order valence-corrected chi connectivity index (χ2v) is 31.4. The van der Waals surface area contributed by atoms with Gasteiger partial charge in [-0.3, -0.25) is 28.8 Å². The number of Topliss-reactive ketones (excluding diaryl/α,β-unsaturated/α-hetero) is 2. The zero-order valence-electron chi connectivity index (χ0n) is 66.8. The third-order valence-electron chi connectivity index (χ3n) is 18.3. The van der Waals surface area contributed by atoms with Crippen LogP contribution in [0.4, 0.5) is 62.9 Å². The van der Waals surface area contributed by atoms with Gasteiger partial charge in [-0.05, 0) is 244 Å². The fraction of sp³-hybridized carbons (Fsp3) is 0.450. The Hall–Kier alpha value is -9.76. The Balaban J connectivity index is 1.85. The first-order chi connectivity index (χ1) is 50.8. The van der Waals surface area contributed by atoms with E-state index in [1.807, 2.05) is 0 Å². The zero-order valence-corrected chi connectivity index (χ0v) is 69.8. The predicted molar refractivity (Wildman–Crippen MR) is 426 cm³/mol. The monoisotopic (exact) mass is 1600 g/mol. The minimum atomic E-state index is -1.55. The molecule has 5 aromatic carbocycles. The quantitative estimate of drug-likeness (QED) is 0.0215. The van der Waals surface area contributed by atoms with Crippen molar-refractivity contribution < 1.29 is 86.0 Å². The number of hydrogen-bond acceptors (Lipinski definition) is 20. The highest BCUT2D eigenvalue weighted by molar-refractivity contribution is 6.70. The fourth-order valence-corrected chi connectivity index (χ4v) is 10.1. The van der Waals surface area contributed by atoms with Crippen LogP contribution in [-0.4, -0.2) is 117 Å². The van der Waals surface area contributed by atoms with Gasteiger partial charge in [0.25, 0.3) is 23.6 Å². The average Bonchev–Trinajstić information content (AvgIpc) is 0.779. The number of carbonyl (C=O) groups excluding carboxylic acids is 12. The number of anilines is 6. The first-order valence-electron chi connectivity index (χ1n) is 35.6. The number of imide groups is 4. The molecule has 0 aromatic heterocycles. The first-order valence-corrected chi connectivity index (χ1v) is 37.1. The van der Waals surface area contributed by atoms with Crippen molar-refractivity contribution in [2.24, 2.45) is 10.2 Å². The molecule has 0 saturated heterocycles. The predicted octanol–water partition coefficient (Wildman–Crippen LogP) is 20.3. The van der Waals surface area contributed by atoms with E-state index in [1.165, 1.54) is 77.9 Å². The lowest BCUT2D eigenvalue weighted by Crippen LogP contribution is -2.48. The van der Waals surface area contributed by atoms with Gasteiger partial charge in [-0.25, -0.2) is 48.4 Å². The van der Waals surface area contributed by atoms with Gasteiger partial charge in [-0.1, -0.05) is 100 Å². The molecule has 0 aliphatic carbocycles. The van der Waals surface area contributed by atoms with Crippen molar-refractivity contribution in [3.8, 4) is 0 Å². The molecule has 0 fully saturated rings. The van der Waals surface area contributed by atoms with E-state index in [-0.39, 0.29) is 90.8 Å². The summed E-state index contributed by atoms with van der Waals surface area (Å²) in [5.74, 6) is -7.52. The number of hydrazone groups is 2. The molecular weight excluding hydrogens is 1500 g/mol. The summed E-state index contributed by atoms with van der Waals surface area (Å²) in [5, 5.41) is 9.17. The molecule has 0 aliphatic heterocycles. The van der Waals surface area contributed by atoms with Crippen LogP contribution >= 0.6 is 46.4 Å². The van der Waals surface area contributed by atoms with E-state index in [0.29, 0.717) is 43.8 Å². The third-order valence-corrected chi connectivity index (χ3v) is 19.4. The lowest BCUT2D eigenvalue weighted by molar-refractivity contribution is -0.117. The number of amides is 10. The molecule has 0 aliphatic rings. The van der Waals surface area contributed by atoms with E-state index < -0.39 is 128 Å². The Labute approximate surface area is 662 Å². The number of rotatable bonds is 26. The van der Waals surface area contributed by atoms with E-state index in [2.05, 4.69) is 10.2 Å². The van der Waals surface area contributed by atoms with Gasteiger partial charge in [0.15, 0.2) is 23.0 Å². The van der Waals surface area contributed by atoms with Gasteiger partial charge < -0.3 is 28.4 Å².